The molecule has 1 aromatic rings. The minimum atomic E-state index is -0.447. The van der Waals surface area contributed by atoms with Gasteiger partial charge in [0.25, 0.3) is 0 Å². The topological polar surface area (TPSA) is 63.5 Å². The summed E-state index contributed by atoms with van der Waals surface area (Å²) in [5.74, 6) is 1.48. The zero-order valence-electron chi connectivity index (χ0n) is 14.6. The monoisotopic (exact) mass is 322 g/mol. The lowest BCUT2D eigenvalue weighted by Crippen LogP contribution is -2.45. The second kappa shape index (κ2) is 8.39. The Balaban J connectivity index is 1.73. The highest BCUT2D eigenvalue weighted by atomic mass is 16.6. The summed E-state index contributed by atoms with van der Waals surface area (Å²) in [6.45, 7) is 7.22. The minimum Gasteiger partial charge on any atom is -0.469 e. The van der Waals surface area contributed by atoms with Crippen LogP contribution in [0.3, 0.4) is 0 Å². The minimum absolute atomic E-state index is 0.322. The molecule has 0 spiro atoms. The van der Waals surface area contributed by atoms with Crippen LogP contribution in [-0.4, -0.2) is 30.8 Å². The Morgan fingerprint density at radius 3 is 2.83 bits per heavy atom. The summed E-state index contributed by atoms with van der Waals surface area (Å²) in [4.78, 5) is 11.8. The molecule has 5 nitrogen and oxygen atoms in total. The van der Waals surface area contributed by atoms with Crippen molar-refractivity contribution >= 4 is 6.09 Å². The van der Waals surface area contributed by atoms with Gasteiger partial charge >= 0.3 is 6.09 Å². The second-order valence-electron chi connectivity index (χ2n) is 7.32. The van der Waals surface area contributed by atoms with Crippen molar-refractivity contribution in [3.8, 4) is 0 Å². The largest absolute Gasteiger partial charge is 0.469 e. The number of furan rings is 1. The second-order valence-corrected chi connectivity index (χ2v) is 7.32. The van der Waals surface area contributed by atoms with E-state index >= 15 is 0 Å². The van der Waals surface area contributed by atoms with Crippen molar-refractivity contribution in [1.29, 1.82) is 0 Å². The Morgan fingerprint density at radius 1 is 1.35 bits per heavy atom. The van der Waals surface area contributed by atoms with Crippen molar-refractivity contribution < 1.29 is 13.9 Å². The van der Waals surface area contributed by atoms with Gasteiger partial charge in [-0.05, 0) is 51.7 Å². The summed E-state index contributed by atoms with van der Waals surface area (Å²) in [6, 6.07) is 4.38. The van der Waals surface area contributed by atoms with Gasteiger partial charge in [0.2, 0.25) is 0 Å². The third-order valence-corrected chi connectivity index (χ3v) is 4.17. The number of nitrogens with one attached hydrogen (secondary N) is 2. The number of carbonyl (C=O) groups excluding carboxylic acids is 1. The molecule has 0 aromatic carbocycles. The van der Waals surface area contributed by atoms with Crippen LogP contribution in [0.25, 0.3) is 0 Å². The molecule has 5 heteroatoms. The molecular weight excluding hydrogens is 292 g/mol. The number of alkyl carbamates (subject to hydrolysis) is 1. The van der Waals surface area contributed by atoms with E-state index in [1.165, 1.54) is 19.3 Å². The zero-order chi connectivity index (χ0) is 16.7. The van der Waals surface area contributed by atoms with Crippen LogP contribution in [0.15, 0.2) is 22.8 Å². The first kappa shape index (κ1) is 17.9. The Bertz CT molecular complexity index is 465. The summed E-state index contributed by atoms with van der Waals surface area (Å²) in [5.41, 5.74) is -0.447. The summed E-state index contributed by atoms with van der Waals surface area (Å²) in [5, 5.41) is 6.55. The molecule has 130 valence electrons. The van der Waals surface area contributed by atoms with Gasteiger partial charge in [-0.3, -0.25) is 0 Å². The zero-order valence-corrected chi connectivity index (χ0v) is 14.6. The standard InChI is InChI=1S/C18H30N2O3/c1-18(2,3)23-17(21)20-13-14-7-4-5-9-16(14)19-11-10-15-8-6-12-22-15/h6,8,12,14,16,19H,4-5,7,9-11,13H2,1-3H3,(H,20,21). The van der Waals surface area contributed by atoms with Crippen molar-refractivity contribution in [3.05, 3.63) is 24.2 Å². The number of hydrogen-bond acceptors (Lipinski definition) is 4. The highest BCUT2D eigenvalue weighted by Gasteiger charge is 2.26. The maximum atomic E-state index is 11.8. The molecular formula is C18H30N2O3. The van der Waals surface area contributed by atoms with Crippen molar-refractivity contribution in [2.45, 2.75) is 64.5 Å². The summed E-state index contributed by atoms with van der Waals surface area (Å²) in [7, 11) is 0. The Morgan fingerprint density at radius 2 is 2.13 bits per heavy atom. The average Bonchev–Trinajstić information content (AvgIpc) is 2.98. The predicted molar refractivity (Wildman–Crippen MR) is 90.4 cm³/mol. The van der Waals surface area contributed by atoms with Crippen LogP contribution in [-0.2, 0) is 11.2 Å². The van der Waals surface area contributed by atoms with Gasteiger partial charge in [-0.2, -0.15) is 0 Å². The van der Waals surface area contributed by atoms with Crippen LogP contribution >= 0.6 is 0 Å². The van der Waals surface area contributed by atoms with Gasteiger partial charge in [-0.25, -0.2) is 4.79 Å². The summed E-state index contributed by atoms with van der Waals surface area (Å²) >= 11 is 0. The van der Waals surface area contributed by atoms with E-state index in [2.05, 4.69) is 10.6 Å². The Hall–Kier alpha value is -1.49. The van der Waals surface area contributed by atoms with E-state index < -0.39 is 5.60 Å². The van der Waals surface area contributed by atoms with E-state index in [0.717, 1.165) is 25.1 Å². The molecule has 2 rings (SSSR count). The van der Waals surface area contributed by atoms with E-state index in [4.69, 9.17) is 9.15 Å². The molecule has 1 aromatic heterocycles. The number of ether oxygens (including phenoxy) is 1. The predicted octanol–water partition coefficient (Wildman–Crippen LogP) is 3.50. The maximum absolute atomic E-state index is 11.8. The van der Waals surface area contributed by atoms with Crippen molar-refractivity contribution in [2.75, 3.05) is 13.1 Å². The molecule has 0 bridgehead atoms. The SMILES string of the molecule is CC(C)(C)OC(=O)NCC1CCCCC1NCCc1ccco1. The van der Waals surface area contributed by atoms with Gasteiger partial charge in [0.15, 0.2) is 0 Å². The fourth-order valence-corrected chi connectivity index (χ4v) is 3.08. The summed E-state index contributed by atoms with van der Waals surface area (Å²) in [6.07, 6.45) is 7.09. The molecule has 1 aliphatic carbocycles. The van der Waals surface area contributed by atoms with Gasteiger partial charge in [0.1, 0.15) is 11.4 Å². The molecule has 0 saturated heterocycles. The third kappa shape index (κ3) is 6.65. The molecule has 2 unspecified atom stereocenters. The van der Waals surface area contributed by atoms with E-state index in [1.54, 1.807) is 6.26 Å². The lowest BCUT2D eigenvalue weighted by atomic mass is 9.84. The van der Waals surface area contributed by atoms with Crippen LogP contribution < -0.4 is 10.6 Å². The molecule has 2 atom stereocenters. The third-order valence-electron chi connectivity index (χ3n) is 4.17. The van der Waals surface area contributed by atoms with Gasteiger partial charge in [-0.15, -0.1) is 0 Å². The highest BCUT2D eigenvalue weighted by molar-refractivity contribution is 5.67. The first-order valence-electron chi connectivity index (χ1n) is 8.66. The van der Waals surface area contributed by atoms with E-state index in [1.807, 2.05) is 32.9 Å². The molecule has 1 fully saturated rings. The van der Waals surface area contributed by atoms with Crippen molar-refractivity contribution in [1.82, 2.24) is 10.6 Å². The van der Waals surface area contributed by atoms with Crippen LogP contribution in [0.4, 0.5) is 4.79 Å². The average molecular weight is 322 g/mol. The van der Waals surface area contributed by atoms with Gasteiger partial charge in [0.05, 0.1) is 6.26 Å². The van der Waals surface area contributed by atoms with Crippen LogP contribution in [0, 0.1) is 5.92 Å². The fourth-order valence-electron chi connectivity index (χ4n) is 3.08. The van der Waals surface area contributed by atoms with E-state index in [9.17, 15) is 4.79 Å². The first-order valence-corrected chi connectivity index (χ1v) is 8.66. The van der Waals surface area contributed by atoms with Gasteiger partial charge < -0.3 is 19.8 Å². The van der Waals surface area contributed by atoms with Gasteiger partial charge in [0, 0.05) is 25.6 Å². The van der Waals surface area contributed by atoms with E-state index in [-0.39, 0.29) is 6.09 Å². The maximum Gasteiger partial charge on any atom is 0.407 e. The Kier molecular flexibility index (Phi) is 6.51. The fraction of sp³-hybridized carbons (Fsp3) is 0.722. The quantitative estimate of drug-likeness (QED) is 0.841. The van der Waals surface area contributed by atoms with Gasteiger partial charge in [-0.1, -0.05) is 12.8 Å². The molecule has 1 heterocycles. The van der Waals surface area contributed by atoms with E-state index in [0.29, 0.717) is 18.5 Å². The lowest BCUT2D eigenvalue weighted by Gasteiger charge is -2.32. The number of hydrogen-bond donors (Lipinski definition) is 2. The molecule has 1 amide bonds. The molecule has 23 heavy (non-hydrogen) atoms. The molecule has 1 aliphatic rings. The smallest absolute Gasteiger partial charge is 0.407 e. The Labute approximate surface area is 139 Å². The number of carbonyl (C=O) groups is 1. The normalized spacial score (nSPS) is 21.9. The molecule has 0 radical (unpaired) electrons. The number of amides is 1. The van der Waals surface area contributed by atoms with Crippen LogP contribution in [0.5, 0.6) is 0 Å². The highest BCUT2D eigenvalue weighted by Crippen LogP contribution is 2.24. The molecule has 2 N–H and O–H groups in total. The number of rotatable bonds is 6. The van der Waals surface area contributed by atoms with Crippen LogP contribution in [0.2, 0.25) is 0 Å². The van der Waals surface area contributed by atoms with Crippen LogP contribution in [0.1, 0.15) is 52.2 Å². The summed E-state index contributed by atoms with van der Waals surface area (Å²) < 4.78 is 10.7. The lowest BCUT2D eigenvalue weighted by molar-refractivity contribution is 0.0511. The molecule has 0 aliphatic heterocycles. The molecule has 1 saturated carbocycles. The van der Waals surface area contributed by atoms with Crippen molar-refractivity contribution in [3.63, 3.8) is 0 Å². The first-order chi connectivity index (χ1) is 10.9. The van der Waals surface area contributed by atoms with Crippen molar-refractivity contribution in [2.24, 2.45) is 5.92 Å².